The highest BCUT2D eigenvalue weighted by Crippen LogP contribution is 2.21. The lowest BCUT2D eigenvalue weighted by Gasteiger charge is -2.29. The van der Waals surface area contributed by atoms with E-state index in [0.717, 1.165) is 42.5 Å². The van der Waals surface area contributed by atoms with Gasteiger partial charge in [0.15, 0.2) is 0 Å². The molecule has 2 heterocycles. The molecule has 110 valence electrons. The van der Waals surface area contributed by atoms with Crippen LogP contribution in [0.25, 0.3) is 10.9 Å². The molecule has 0 aliphatic carbocycles. The van der Waals surface area contributed by atoms with E-state index in [9.17, 15) is 4.79 Å². The number of carbonyl (C=O) groups excluding carboxylic acids is 1. The summed E-state index contributed by atoms with van der Waals surface area (Å²) in [6.07, 6.45) is 5.13. The monoisotopic (exact) mass is 284 g/mol. The third-order valence-electron chi connectivity index (χ3n) is 3.96. The lowest BCUT2D eigenvalue weighted by molar-refractivity contribution is -0.132. The maximum Gasteiger partial charge on any atom is 0.244 e. The molecular formula is C16H20N4O. The Balaban J connectivity index is 1.76. The van der Waals surface area contributed by atoms with Crippen molar-refractivity contribution < 1.29 is 4.79 Å². The molecule has 1 aliphatic heterocycles. The highest BCUT2D eigenvalue weighted by atomic mass is 16.2. The van der Waals surface area contributed by atoms with Gasteiger partial charge in [0.05, 0.1) is 17.4 Å². The van der Waals surface area contributed by atoms with E-state index in [2.05, 4.69) is 15.5 Å². The molecule has 0 bridgehead atoms. The Morgan fingerprint density at radius 2 is 2.00 bits per heavy atom. The number of amides is 1. The van der Waals surface area contributed by atoms with Crippen molar-refractivity contribution in [2.75, 3.05) is 18.4 Å². The van der Waals surface area contributed by atoms with Crippen LogP contribution in [0.3, 0.4) is 0 Å². The zero-order chi connectivity index (χ0) is 14.7. The third kappa shape index (κ3) is 2.96. The Hall–Kier alpha value is -2.17. The molecule has 2 aromatic rings. The number of nitrogens with zero attached hydrogens (tertiary/aromatic N) is 3. The lowest BCUT2D eigenvalue weighted by atomic mass is 10.1. The molecule has 1 fully saturated rings. The van der Waals surface area contributed by atoms with Gasteiger partial charge >= 0.3 is 0 Å². The number of nitrogens with one attached hydrogen (secondary N) is 1. The van der Waals surface area contributed by atoms with E-state index in [-0.39, 0.29) is 11.9 Å². The SMILES string of the molecule is CC(Nc1cnnc2ccccc12)C(=O)N1CCCCC1. The summed E-state index contributed by atoms with van der Waals surface area (Å²) in [6, 6.07) is 7.56. The molecule has 5 heteroatoms. The van der Waals surface area contributed by atoms with Crippen molar-refractivity contribution in [3.63, 3.8) is 0 Å². The van der Waals surface area contributed by atoms with Gasteiger partial charge in [-0.3, -0.25) is 4.79 Å². The minimum atomic E-state index is -0.254. The van der Waals surface area contributed by atoms with Crippen LogP contribution in [0.4, 0.5) is 5.69 Å². The molecule has 1 N–H and O–H groups in total. The molecule has 1 amide bonds. The van der Waals surface area contributed by atoms with Crippen LogP contribution in [-0.2, 0) is 4.79 Å². The minimum Gasteiger partial charge on any atom is -0.372 e. The van der Waals surface area contributed by atoms with Crippen LogP contribution in [0, 0.1) is 0 Å². The normalized spacial score (nSPS) is 16.7. The van der Waals surface area contributed by atoms with E-state index in [1.807, 2.05) is 36.1 Å². The average molecular weight is 284 g/mol. The number of aromatic nitrogens is 2. The fourth-order valence-electron chi connectivity index (χ4n) is 2.81. The second kappa shape index (κ2) is 6.08. The number of likely N-dealkylation sites (tertiary alicyclic amines) is 1. The van der Waals surface area contributed by atoms with Crippen LogP contribution in [0.1, 0.15) is 26.2 Å². The van der Waals surface area contributed by atoms with E-state index in [4.69, 9.17) is 0 Å². The van der Waals surface area contributed by atoms with Gasteiger partial charge in [-0.05, 0) is 32.3 Å². The molecule has 5 nitrogen and oxygen atoms in total. The fraction of sp³-hybridized carbons (Fsp3) is 0.438. The van der Waals surface area contributed by atoms with E-state index in [1.165, 1.54) is 6.42 Å². The number of rotatable bonds is 3. The minimum absolute atomic E-state index is 0.163. The summed E-state index contributed by atoms with van der Waals surface area (Å²) >= 11 is 0. The van der Waals surface area contributed by atoms with Gasteiger partial charge in [-0.15, -0.1) is 0 Å². The van der Waals surface area contributed by atoms with Gasteiger partial charge in [-0.25, -0.2) is 0 Å². The summed E-state index contributed by atoms with van der Waals surface area (Å²) in [5.74, 6) is 0.163. The first kappa shape index (κ1) is 13.8. The molecule has 1 atom stereocenters. The number of hydrogen-bond acceptors (Lipinski definition) is 4. The van der Waals surface area contributed by atoms with Crippen molar-refractivity contribution in [1.29, 1.82) is 0 Å². The summed E-state index contributed by atoms with van der Waals surface area (Å²) in [5.41, 5.74) is 1.69. The number of piperidine rings is 1. The van der Waals surface area contributed by atoms with Crippen molar-refractivity contribution in [2.24, 2.45) is 0 Å². The summed E-state index contributed by atoms with van der Waals surface area (Å²) in [6.45, 7) is 3.66. The summed E-state index contributed by atoms with van der Waals surface area (Å²) in [7, 11) is 0. The van der Waals surface area contributed by atoms with Gasteiger partial charge in [0.25, 0.3) is 0 Å². The highest BCUT2D eigenvalue weighted by molar-refractivity contribution is 5.93. The predicted molar refractivity (Wildman–Crippen MR) is 83.1 cm³/mol. The first-order valence-corrected chi connectivity index (χ1v) is 7.51. The first-order valence-electron chi connectivity index (χ1n) is 7.51. The largest absolute Gasteiger partial charge is 0.372 e. The Bertz CT molecular complexity index is 632. The van der Waals surface area contributed by atoms with Crippen molar-refractivity contribution in [3.05, 3.63) is 30.5 Å². The zero-order valence-corrected chi connectivity index (χ0v) is 12.2. The van der Waals surface area contributed by atoms with Crippen molar-refractivity contribution in [2.45, 2.75) is 32.2 Å². The molecule has 1 aliphatic rings. The van der Waals surface area contributed by atoms with Crippen molar-refractivity contribution in [3.8, 4) is 0 Å². The number of fused-ring (bicyclic) bond motifs is 1. The van der Waals surface area contributed by atoms with Gasteiger partial charge in [0.2, 0.25) is 5.91 Å². The van der Waals surface area contributed by atoms with E-state index >= 15 is 0 Å². The molecule has 0 spiro atoms. The molecule has 1 unspecified atom stereocenters. The highest BCUT2D eigenvalue weighted by Gasteiger charge is 2.22. The van der Waals surface area contributed by atoms with Gasteiger partial charge in [0, 0.05) is 18.5 Å². The lowest BCUT2D eigenvalue weighted by Crippen LogP contribution is -2.43. The summed E-state index contributed by atoms with van der Waals surface area (Å²) in [4.78, 5) is 14.4. The number of anilines is 1. The Kier molecular flexibility index (Phi) is 3.99. The van der Waals surface area contributed by atoms with Crippen LogP contribution in [0.2, 0.25) is 0 Å². The quantitative estimate of drug-likeness (QED) is 0.940. The maximum atomic E-state index is 12.5. The maximum absolute atomic E-state index is 12.5. The van der Waals surface area contributed by atoms with Crippen LogP contribution >= 0.6 is 0 Å². The Morgan fingerprint density at radius 1 is 1.24 bits per heavy atom. The van der Waals surface area contributed by atoms with Crippen molar-refractivity contribution >= 4 is 22.5 Å². The molecule has 0 radical (unpaired) electrons. The molecular weight excluding hydrogens is 264 g/mol. The second-order valence-electron chi connectivity index (χ2n) is 5.53. The van der Waals surface area contributed by atoms with Crippen molar-refractivity contribution in [1.82, 2.24) is 15.1 Å². The standard InChI is InChI=1S/C16H20N4O/c1-12(16(21)20-9-5-2-6-10-20)18-15-11-17-19-14-8-4-3-7-13(14)15/h3-4,7-8,11-12H,2,5-6,9-10H2,1H3,(H,18,19). The van der Waals surface area contributed by atoms with E-state index in [1.54, 1.807) is 6.20 Å². The average Bonchev–Trinajstić information content (AvgIpc) is 2.55. The van der Waals surface area contributed by atoms with Crippen LogP contribution in [-0.4, -0.2) is 40.1 Å². The van der Waals surface area contributed by atoms with Gasteiger partial charge in [-0.2, -0.15) is 10.2 Å². The Labute approximate surface area is 124 Å². The molecule has 3 rings (SSSR count). The first-order chi connectivity index (χ1) is 10.3. The fourth-order valence-corrected chi connectivity index (χ4v) is 2.81. The molecule has 1 aromatic heterocycles. The summed E-state index contributed by atoms with van der Waals surface area (Å²) < 4.78 is 0. The third-order valence-corrected chi connectivity index (χ3v) is 3.96. The number of carbonyl (C=O) groups is 1. The second-order valence-corrected chi connectivity index (χ2v) is 5.53. The van der Waals surface area contributed by atoms with Crippen LogP contribution in [0.5, 0.6) is 0 Å². The number of hydrogen-bond donors (Lipinski definition) is 1. The number of benzene rings is 1. The summed E-state index contributed by atoms with van der Waals surface area (Å²) in [5, 5.41) is 12.4. The molecule has 21 heavy (non-hydrogen) atoms. The predicted octanol–water partition coefficient (Wildman–Crippen LogP) is 2.44. The topological polar surface area (TPSA) is 58.1 Å². The molecule has 0 saturated carbocycles. The van der Waals surface area contributed by atoms with Gasteiger partial charge < -0.3 is 10.2 Å². The van der Waals surface area contributed by atoms with Crippen LogP contribution in [0.15, 0.2) is 30.5 Å². The zero-order valence-electron chi connectivity index (χ0n) is 12.2. The van der Waals surface area contributed by atoms with Gasteiger partial charge in [-0.1, -0.05) is 18.2 Å². The van der Waals surface area contributed by atoms with Gasteiger partial charge in [0.1, 0.15) is 6.04 Å². The Morgan fingerprint density at radius 3 is 2.81 bits per heavy atom. The van der Waals surface area contributed by atoms with E-state index in [0.29, 0.717) is 0 Å². The molecule has 1 saturated heterocycles. The van der Waals surface area contributed by atoms with Crippen LogP contribution < -0.4 is 5.32 Å². The van der Waals surface area contributed by atoms with E-state index < -0.39 is 0 Å². The molecule has 1 aromatic carbocycles. The smallest absolute Gasteiger partial charge is 0.244 e.